The second-order valence-electron chi connectivity index (χ2n) is 3.53. The number of rotatable bonds is 4. The van der Waals surface area contributed by atoms with Crippen molar-refractivity contribution in [2.75, 3.05) is 11.6 Å². The highest BCUT2D eigenvalue weighted by atomic mass is 35.5. The first-order chi connectivity index (χ1) is 5.93. The third kappa shape index (κ3) is 4.61. The van der Waals surface area contributed by atoms with Crippen LogP contribution in [0.5, 0.6) is 0 Å². The quantitative estimate of drug-likeness (QED) is 0.380. The van der Waals surface area contributed by atoms with E-state index in [-0.39, 0.29) is 0 Å². The summed E-state index contributed by atoms with van der Waals surface area (Å²) >= 11 is 7.79. The van der Waals surface area contributed by atoms with Crippen molar-refractivity contribution in [1.29, 1.82) is 0 Å². The van der Waals surface area contributed by atoms with Crippen LogP contribution in [0, 0.1) is 0 Å². The smallest absolute Gasteiger partial charge is 0.0231 e. The zero-order valence-electron chi connectivity index (χ0n) is 7.73. The van der Waals surface area contributed by atoms with Gasteiger partial charge in [0.2, 0.25) is 0 Å². The molecule has 0 radical (unpaired) electrons. The molecule has 1 rings (SSSR count). The molecule has 0 spiro atoms. The molecule has 1 aliphatic carbocycles. The van der Waals surface area contributed by atoms with E-state index in [1.165, 1.54) is 50.7 Å². The van der Waals surface area contributed by atoms with E-state index in [4.69, 9.17) is 11.6 Å². The molecule has 1 aliphatic rings. The van der Waals surface area contributed by atoms with Gasteiger partial charge in [-0.15, -0.1) is 11.6 Å². The molecule has 72 valence electrons. The van der Waals surface area contributed by atoms with Gasteiger partial charge in [0.15, 0.2) is 0 Å². The van der Waals surface area contributed by atoms with E-state index in [1.54, 1.807) is 0 Å². The van der Waals surface area contributed by atoms with Crippen LogP contribution in [-0.2, 0) is 0 Å². The highest BCUT2D eigenvalue weighted by Gasteiger charge is 2.11. The lowest BCUT2D eigenvalue weighted by Crippen LogP contribution is -2.01. The summed E-state index contributed by atoms with van der Waals surface area (Å²) in [6.45, 7) is 0. The first-order valence-electron chi connectivity index (χ1n) is 5.11. The van der Waals surface area contributed by atoms with E-state index in [0.717, 1.165) is 11.1 Å². The predicted octanol–water partition coefficient (Wildman–Crippen LogP) is 4.07. The lowest BCUT2D eigenvalue weighted by molar-refractivity contribution is 0.702. The van der Waals surface area contributed by atoms with Gasteiger partial charge in [-0.25, -0.2) is 0 Å². The highest BCUT2D eigenvalue weighted by molar-refractivity contribution is 7.99. The van der Waals surface area contributed by atoms with E-state index in [1.807, 2.05) is 0 Å². The zero-order chi connectivity index (χ0) is 8.65. The normalized spacial score (nSPS) is 20.8. The molecule has 0 atom stereocenters. The van der Waals surface area contributed by atoms with Gasteiger partial charge in [0, 0.05) is 11.1 Å². The first-order valence-corrected chi connectivity index (χ1v) is 6.69. The maximum Gasteiger partial charge on any atom is 0.0231 e. The lowest BCUT2D eigenvalue weighted by Gasteiger charge is -2.12. The van der Waals surface area contributed by atoms with Crippen molar-refractivity contribution >= 4 is 23.4 Å². The minimum atomic E-state index is 0.833. The molecule has 0 heterocycles. The first kappa shape index (κ1) is 10.7. The summed E-state index contributed by atoms with van der Waals surface area (Å²) in [4.78, 5) is 0. The summed E-state index contributed by atoms with van der Waals surface area (Å²) in [6, 6.07) is 0. The van der Waals surface area contributed by atoms with E-state index < -0.39 is 0 Å². The Morgan fingerprint density at radius 3 is 2.33 bits per heavy atom. The van der Waals surface area contributed by atoms with Crippen molar-refractivity contribution < 1.29 is 0 Å². The Morgan fingerprint density at radius 1 is 1.08 bits per heavy atom. The Hall–Kier alpha value is 0.640. The van der Waals surface area contributed by atoms with Crippen LogP contribution in [0.3, 0.4) is 0 Å². The van der Waals surface area contributed by atoms with E-state index in [0.29, 0.717) is 0 Å². The van der Waals surface area contributed by atoms with Crippen molar-refractivity contribution in [2.24, 2.45) is 0 Å². The van der Waals surface area contributed by atoms with E-state index in [2.05, 4.69) is 11.8 Å². The van der Waals surface area contributed by atoms with Gasteiger partial charge >= 0.3 is 0 Å². The molecule has 0 aromatic carbocycles. The number of halogens is 1. The zero-order valence-corrected chi connectivity index (χ0v) is 9.30. The molecule has 0 N–H and O–H groups in total. The second-order valence-corrected chi connectivity index (χ2v) is 5.31. The summed E-state index contributed by atoms with van der Waals surface area (Å²) in [5.74, 6) is 2.11. The van der Waals surface area contributed by atoms with Gasteiger partial charge in [0.1, 0.15) is 0 Å². The van der Waals surface area contributed by atoms with Crippen molar-refractivity contribution in [3.8, 4) is 0 Å². The molecular formula is C10H19ClS. The summed E-state index contributed by atoms with van der Waals surface area (Å²) in [6.07, 6.45) is 9.93. The molecule has 0 aromatic heterocycles. The Kier molecular flexibility index (Phi) is 6.33. The Labute approximate surface area is 85.4 Å². The van der Waals surface area contributed by atoms with Gasteiger partial charge < -0.3 is 0 Å². The van der Waals surface area contributed by atoms with Crippen LogP contribution in [-0.4, -0.2) is 16.9 Å². The maximum absolute atomic E-state index is 5.64. The van der Waals surface area contributed by atoms with Crippen LogP contribution in [0.1, 0.15) is 44.9 Å². The highest BCUT2D eigenvalue weighted by Crippen LogP contribution is 2.27. The molecule has 0 amide bonds. The van der Waals surface area contributed by atoms with Crippen LogP contribution in [0.25, 0.3) is 0 Å². The molecule has 0 aliphatic heterocycles. The van der Waals surface area contributed by atoms with Crippen molar-refractivity contribution in [2.45, 2.75) is 50.2 Å². The SMILES string of the molecule is ClCCCSC1CCCCCC1. The van der Waals surface area contributed by atoms with Crippen LogP contribution in [0.4, 0.5) is 0 Å². The predicted molar refractivity (Wildman–Crippen MR) is 59.3 cm³/mol. The van der Waals surface area contributed by atoms with Gasteiger partial charge in [0.05, 0.1) is 0 Å². The van der Waals surface area contributed by atoms with Crippen LogP contribution < -0.4 is 0 Å². The van der Waals surface area contributed by atoms with Crippen molar-refractivity contribution in [3.05, 3.63) is 0 Å². The fraction of sp³-hybridized carbons (Fsp3) is 1.00. The average molecular weight is 207 g/mol. The lowest BCUT2D eigenvalue weighted by atomic mass is 10.2. The topological polar surface area (TPSA) is 0 Å². The molecule has 0 unspecified atom stereocenters. The maximum atomic E-state index is 5.64. The van der Waals surface area contributed by atoms with Gasteiger partial charge in [-0.3, -0.25) is 0 Å². The molecule has 0 aromatic rings. The minimum Gasteiger partial charge on any atom is -0.159 e. The number of alkyl halides is 1. The van der Waals surface area contributed by atoms with E-state index >= 15 is 0 Å². The number of hydrogen-bond donors (Lipinski definition) is 0. The van der Waals surface area contributed by atoms with Crippen LogP contribution >= 0.6 is 23.4 Å². The fourth-order valence-corrected chi connectivity index (χ4v) is 3.32. The monoisotopic (exact) mass is 206 g/mol. The summed E-state index contributed by atoms with van der Waals surface area (Å²) in [7, 11) is 0. The third-order valence-electron chi connectivity index (χ3n) is 2.43. The number of hydrogen-bond acceptors (Lipinski definition) is 1. The fourth-order valence-electron chi connectivity index (χ4n) is 1.71. The largest absolute Gasteiger partial charge is 0.159 e. The average Bonchev–Trinajstić information content (AvgIpc) is 2.33. The third-order valence-corrected chi connectivity index (χ3v) is 4.17. The molecule has 1 fully saturated rings. The summed E-state index contributed by atoms with van der Waals surface area (Å²) in [5.41, 5.74) is 0. The molecular weight excluding hydrogens is 188 g/mol. The minimum absolute atomic E-state index is 0.833. The number of thioether (sulfide) groups is 1. The molecule has 2 heteroatoms. The van der Waals surface area contributed by atoms with Crippen molar-refractivity contribution in [1.82, 2.24) is 0 Å². The van der Waals surface area contributed by atoms with Gasteiger partial charge in [-0.1, -0.05) is 25.7 Å². The Balaban J connectivity index is 2.04. The van der Waals surface area contributed by atoms with Crippen LogP contribution in [0.2, 0.25) is 0 Å². The Morgan fingerprint density at radius 2 is 1.75 bits per heavy atom. The molecule has 0 nitrogen and oxygen atoms in total. The Bertz CT molecular complexity index is 98.0. The molecule has 0 saturated heterocycles. The van der Waals surface area contributed by atoms with Gasteiger partial charge in [-0.05, 0) is 25.0 Å². The second kappa shape index (κ2) is 7.08. The summed E-state index contributed by atoms with van der Waals surface area (Å²) < 4.78 is 0. The molecule has 0 bridgehead atoms. The molecule has 12 heavy (non-hydrogen) atoms. The van der Waals surface area contributed by atoms with Gasteiger partial charge in [0.25, 0.3) is 0 Å². The standard InChI is InChI=1S/C10H19ClS/c11-8-5-9-12-10-6-3-1-2-4-7-10/h10H,1-9H2. The summed E-state index contributed by atoms with van der Waals surface area (Å²) in [5, 5.41) is 0.954. The van der Waals surface area contributed by atoms with Crippen LogP contribution in [0.15, 0.2) is 0 Å². The molecule has 1 saturated carbocycles. The van der Waals surface area contributed by atoms with Crippen molar-refractivity contribution in [3.63, 3.8) is 0 Å². The van der Waals surface area contributed by atoms with Gasteiger partial charge in [-0.2, -0.15) is 11.8 Å². The van der Waals surface area contributed by atoms with E-state index in [9.17, 15) is 0 Å².